The van der Waals surface area contributed by atoms with Crippen molar-refractivity contribution in [2.45, 2.75) is 64.9 Å². The predicted molar refractivity (Wildman–Crippen MR) is 110 cm³/mol. The number of aryl methyl sites for hydroxylation is 1. The Labute approximate surface area is 164 Å². The van der Waals surface area contributed by atoms with E-state index in [4.69, 9.17) is 0 Å². The largest absolute Gasteiger partial charge is 0.353 e. The first-order valence-corrected chi connectivity index (χ1v) is 11.2. The fourth-order valence-electron chi connectivity index (χ4n) is 3.00. The van der Waals surface area contributed by atoms with E-state index in [1.807, 2.05) is 20.8 Å². The zero-order valence-electron chi connectivity index (χ0n) is 17.5. The number of nitrogens with zero attached hydrogens (tertiary/aromatic N) is 1. The third-order valence-electron chi connectivity index (χ3n) is 4.66. The highest BCUT2D eigenvalue weighted by Gasteiger charge is 2.27. The molecule has 1 aromatic carbocycles. The van der Waals surface area contributed by atoms with Crippen molar-refractivity contribution in [3.05, 3.63) is 29.8 Å². The van der Waals surface area contributed by atoms with Crippen LogP contribution < -0.4 is 10.0 Å². The maximum Gasteiger partial charge on any atom is 0.241 e. The molecule has 0 aromatic heterocycles. The number of hydrogen-bond donors (Lipinski definition) is 2. The van der Waals surface area contributed by atoms with Crippen molar-refractivity contribution in [1.82, 2.24) is 14.9 Å². The van der Waals surface area contributed by atoms with Crippen molar-refractivity contribution in [2.24, 2.45) is 5.92 Å². The van der Waals surface area contributed by atoms with E-state index in [1.165, 1.54) is 0 Å². The van der Waals surface area contributed by atoms with Gasteiger partial charge in [-0.2, -0.15) is 4.72 Å². The standard InChI is InChI=1S/C20H35N3O3S/c1-7-23(8-2)17(6)14-21-20(24)19(13-15(3)4)22-27(25,26)18-11-9-16(5)10-12-18/h9-12,15,17,19,22H,7-8,13-14H2,1-6H3,(H,21,24). The van der Waals surface area contributed by atoms with Crippen LogP contribution in [0.4, 0.5) is 0 Å². The molecule has 0 radical (unpaired) electrons. The van der Waals surface area contributed by atoms with Crippen LogP contribution in [-0.2, 0) is 14.8 Å². The van der Waals surface area contributed by atoms with Crippen LogP contribution in [0.2, 0.25) is 0 Å². The van der Waals surface area contributed by atoms with E-state index < -0.39 is 16.1 Å². The lowest BCUT2D eigenvalue weighted by Gasteiger charge is -2.27. The zero-order valence-corrected chi connectivity index (χ0v) is 18.3. The molecule has 1 amide bonds. The van der Waals surface area contributed by atoms with Crippen LogP contribution in [0, 0.1) is 12.8 Å². The monoisotopic (exact) mass is 397 g/mol. The van der Waals surface area contributed by atoms with Crippen molar-refractivity contribution >= 4 is 15.9 Å². The molecule has 0 fully saturated rings. The van der Waals surface area contributed by atoms with Crippen LogP contribution >= 0.6 is 0 Å². The number of hydrogen-bond acceptors (Lipinski definition) is 4. The number of nitrogens with one attached hydrogen (secondary N) is 2. The Bertz CT molecular complexity index is 683. The molecule has 2 atom stereocenters. The first-order valence-electron chi connectivity index (χ1n) is 9.71. The maximum absolute atomic E-state index is 12.7. The highest BCUT2D eigenvalue weighted by atomic mass is 32.2. The SMILES string of the molecule is CCN(CC)C(C)CNC(=O)C(CC(C)C)NS(=O)(=O)c1ccc(C)cc1. The summed E-state index contributed by atoms with van der Waals surface area (Å²) in [4.78, 5) is 15.1. The number of sulfonamides is 1. The van der Waals surface area contributed by atoms with Crippen LogP contribution in [0.3, 0.4) is 0 Å². The molecule has 0 aliphatic heterocycles. The molecule has 1 rings (SSSR count). The van der Waals surface area contributed by atoms with Crippen molar-refractivity contribution in [3.8, 4) is 0 Å². The average molecular weight is 398 g/mol. The molecular formula is C20H35N3O3S. The normalized spacial score (nSPS) is 14.4. The molecule has 7 heteroatoms. The van der Waals surface area contributed by atoms with Gasteiger partial charge in [0.05, 0.1) is 4.90 Å². The third-order valence-corrected chi connectivity index (χ3v) is 6.15. The molecule has 0 bridgehead atoms. The quantitative estimate of drug-likeness (QED) is 0.601. The van der Waals surface area contributed by atoms with Gasteiger partial charge in [0.25, 0.3) is 0 Å². The van der Waals surface area contributed by atoms with Crippen LogP contribution in [0.1, 0.15) is 46.6 Å². The van der Waals surface area contributed by atoms with Gasteiger partial charge in [0.2, 0.25) is 15.9 Å². The van der Waals surface area contributed by atoms with Gasteiger partial charge in [-0.25, -0.2) is 8.42 Å². The fourth-order valence-corrected chi connectivity index (χ4v) is 4.21. The van der Waals surface area contributed by atoms with Crippen LogP contribution in [0.15, 0.2) is 29.2 Å². The first kappa shape index (κ1) is 23.6. The minimum absolute atomic E-state index is 0.172. The average Bonchev–Trinajstić information content (AvgIpc) is 2.60. The second-order valence-corrected chi connectivity index (χ2v) is 9.15. The maximum atomic E-state index is 12.7. The molecule has 6 nitrogen and oxygen atoms in total. The summed E-state index contributed by atoms with van der Waals surface area (Å²) >= 11 is 0. The highest BCUT2D eigenvalue weighted by Crippen LogP contribution is 2.13. The predicted octanol–water partition coefficient (Wildman–Crippen LogP) is 2.53. The van der Waals surface area contributed by atoms with E-state index in [1.54, 1.807) is 24.3 Å². The summed E-state index contributed by atoms with van der Waals surface area (Å²) in [7, 11) is -3.75. The minimum atomic E-state index is -3.75. The molecule has 27 heavy (non-hydrogen) atoms. The van der Waals surface area contributed by atoms with E-state index in [0.29, 0.717) is 13.0 Å². The number of rotatable bonds is 11. The number of carbonyl (C=O) groups is 1. The molecule has 0 saturated carbocycles. The summed E-state index contributed by atoms with van der Waals surface area (Å²) in [6.45, 7) is 14.4. The van der Waals surface area contributed by atoms with Crippen LogP contribution in [-0.4, -0.2) is 50.9 Å². The van der Waals surface area contributed by atoms with E-state index in [-0.39, 0.29) is 22.8 Å². The summed E-state index contributed by atoms with van der Waals surface area (Å²) in [5.74, 6) is -0.0972. The number of carbonyl (C=O) groups excluding carboxylic acids is 1. The molecular weight excluding hydrogens is 362 g/mol. The molecule has 154 valence electrons. The Hall–Kier alpha value is -1.44. The van der Waals surface area contributed by atoms with E-state index in [0.717, 1.165) is 18.7 Å². The molecule has 0 heterocycles. The number of likely N-dealkylation sites (N-methyl/N-ethyl adjacent to an activating group) is 1. The van der Waals surface area contributed by atoms with Crippen LogP contribution in [0.25, 0.3) is 0 Å². The molecule has 0 aliphatic carbocycles. The van der Waals surface area contributed by atoms with Crippen molar-refractivity contribution in [3.63, 3.8) is 0 Å². The zero-order chi connectivity index (χ0) is 20.6. The van der Waals surface area contributed by atoms with Gasteiger partial charge in [-0.3, -0.25) is 9.69 Å². The van der Waals surface area contributed by atoms with E-state index in [9.17, 15) is 13.2 Å². The van der Waals surface area contributed by atoms with Gasteiger partial charge in [0.1, 0.15) is 6.04 Å². The van der Waals surface area contributed by atoms with Crippen LogP contribution in [0.5, 0.6) is 0 Å². The van der Waals surface area contributed by atoms with Gasteiger partial charge < -0.3 is 5.32 Å². The lowest BCUT2D eigenvalue weighted by atomic mass is 10.0. The number of amides is 1. The lowest BCUT2D eigenvalue weighted by molar-refractivity contribution is -0.123. The minimum Gasteiger partial charge on any atom is -0.353 e. The summed E-state index contributed by atoms with van der Waals surface area (Å²) in [6, 6.07) is 6.02. The summed E-state index contributed by atoms with van der Waals surface area (Å²) in [5, 5.41) is 2.91. The summed E-state index contributed by atoms with van der Waals surface area (Å²) < 4.78 is 27.9. The lowest BCUT2D eigenvalue weighted by Crippen LogP contribution is -2.50. The van der Waals surface area contributed by atoms with Crippen molar-refractivity contribution in [1.29, 1.82) is 0 Å². The van der Waals surface area contributed by atoms with Gasteiger partial charge in [-0.15, -0.1) is 0 Å². The Morgan fingerprint density at radius 2 is 1.63 bits per heavy atom. The molecule has 0 spiro atoms. The Morgan fingerprint density at radius 3 is 2.11 bits per heavy atom. The fraction of sp³-hybridized carbons (Fsp3) is 0.650. The second-order valence-electron chi connectivity index (χ2n) is 7.43. The second kappa shape index (κ2) is 10.8. The Kier molecular flexibility index (Phi) is 9.42. The smallest absolute Gasteiger partial charge is 0.241 e. The van der Waals surface area contributed by atoms with Gasteiger partial charge >= 0.3 is 0 Å². The first-order chi connectivity index (χ1) is 12.6. The third kappa shape index (κ3) is 7.60. The van der Waals surface area contributed by atoms with E-state index in [2.05, 4.69) is 35.7 Å². The molecule has 0 saturated heterocycles. The molecule has 2 N–H and O–H groups in total. The summed E-state index contributed by atoms with van der Waals surface area (Å²) in [5.41, 5.74) is 0.982. The van der Waals surface area contributed by atoms with E-state index >= 15 is 0 Å². The Balaban J connectivity index is 2.85. The molecule has 1 aromatic rings. The highest BCUT2D eigenvalue weighted by molar-refractivity contribution is 7.89. The van der Waals surface area contributed by atoms with Gasteiger partial charge in [-0.05, 0) is 51.4 Å². The molecule has 2 unspecified atom stereocenters. The van der Waals surface area contributed by atoms with Crippen molar-refractivity contribution < 1.29 is 13.2 Å². The Morgan fingerprint density at radius 1 is 1.07 bits per heavy atom. The topological polar surface area (TPSA) is 78.5 Å². The number of benzene rings is 1. The van der Waals surface area contributed by atoms with Crippen molar-refractivity contribution in [2.75, 3.05) is 19.6 Å². The van der Waals surface area contributed by atoms with Gasteiger partial charge in [-0.1, -0.05) is 45.4 Å². The van der Waals surface area contributed by atoms with Gasteiger partial charge in [0, 0.05) is 12.6 Å². The van der Waals surface area contributed by atoms with Gasteiger partial charge in [0.15, 0.2) is 0 Å². The molecule has 0 aliphatic rings. The summed E-state index contributed by atoms with van der Waals surface area (Å²) in [6.07, 6.45) is 0.441.